The third-order valence-corrected chi connectivity index (χ3v) is 6.15. The van der Waals surface area contributed by atoms with Crippen LogP contribution in [-0.2, 0) is 17.7 Å². The van der Waals surface area contributed by atoms with Crippen LogP contribution in [0.25, 0.3) is 0 Å². The minimum atomic E-state index is 0.0710. The van der Waals surface area contributed by atoms with Crippen LogP contribution in [0.15, 0.2) is 35.8 Å². The molecule has 5 nitrogen and oxygen atoms in total. The lowest BCUT2D eigenvalue weighted by molar-refractivity contribution is 0.0483. The van der Waals surface area contributed by atoms with Gasteiger partial charge in [-0.3, -0.25) is 14.7 Å². The van der Waals surface area contributed by atoms with Crippen LogP contribution in [0.5, 0.6) is 0 Å². The maximum Gasteiger partial charge on any atom is 0.255 e. The van der Waals surface area contributed by atoms with Crippen molar-refractivity contribution < 1.29 is 9.53 Å². The molecule has 0 radical (unpaired) electrons. The number of likely N-dealkylation sites (tertiary alicyclic amines) is 1. The van der Waals surface area contributed by atoms with E-state index in [0.717, 1.165) is 44.9 Å². The third-order valence-electron chi connectivity index (χ3n) is 5.29. The molecule has 2 aliphatic heterocycles. The number of carbonyl (C=O) groups is 1. The quantitative estimate of drug-likeness (QED) is 0.829. The first-order valence-corrected chi connectivity index (χ1v) is 10.2. The van der Waals surface area contributed by atoms with Gasteiger partial charge in [-0.05, 0) is 30.0 Å². The lowest BCUT2D eigenvalue weighted by atomic mass is 10.1. The highest BCUT2D eigenvalue weighted by Gasteiger charge is 2.38. The summed E-state index contributed by atoms with van der Waals surface area (Å²) in [5, 5.41) is 2.13. The predicted octanol–water partition coefficient (Wildman–Crippen LogP) is 2.68. The zero-order valence-electron chi connectivity index (χ0n) is 15.1. The minimum absolute atomic E-state index is 0.0710. The van der Waals surface area contributed by atoms with Gasteiger partial charge in [0.05, 0.1) is 18.3 Å². The summed E-state index contributed by atoms with van der Waals surface area (Å²) in [5.41, 5.74) is 1.69. The van der Waals surface area contributed by atoms with Crippen molar-refractivity contribution >= 4 is 17.2 Å². The van der Waals surface area contributed by atoms with Crippen molar-refractivity contribution in [2.24, 2.45) is 5.92 Å². The minimum Gasteiger partial charge on any atom is -0.375 e. The van der Waals surface area contributed by atoms with Crippen molar-refractivity contribution in [1.82, 2.24) is 14.8 Å². The largest absolute Gasteiger partial charge is 0.375 e. The Balaban J connectivity index is 1.40. The van der Waals surface area contributed by atoms with E-state index in [0.29, 0.717) is 18.0 Å². The van der Waals surface area contributed by atoms with Gasteiger partial charge < -0.3 is 9.64 Å². The number of fused-ring (bicyclic) bond motifs is 1. The summed E-state index contributed by atoms with van der Waals surface area (Å²) < 4.78 is 6.08. The highest BCUT2D eigenvalue weighted by Crippen LogP contribution is 2.26. The van der Waals surface area contributed by atoms with Gasteiger partial charge in [0.25, 0.3) is 5.91 Å². The first-order valence-electron chi connectivity index (χ1n) is 9.33. The molecule has 2 saturated heterocycles. The highest BCUT2D eigenvalue weighted by molar-refractivity contribution is 7.09. The smallest absolute Gasteiger partial charge is 0.255 e. The molecule has 2 aliphatic rings. The number of hydrogen-bond acceptors (Lipinski definition) is 5. The Labute approximate surface area is 158 Å². The highest BCUT2D eigenvalue weighted by atomic mass is 32.1. The molecule has 2 aromatic heterocycles. The van der Waals surface area contributed by atoms with E-state index in [1.807, 2.05) is 17.0 Å². The molecule has 0 aromatic carbocycles. The van der Waals surface area contributed by atoms with E-state index in [2.05, 4.69) is 34.3 Å². The monoisotopic (exact) mass is 371 g/mol. The van der Waals surface area contributed by atoms with Gasteiger partial charge >= 0.3 is 0 Å². The Morgan fingerprint density at radius 1 is 1.31 bits per heavy atom. The van der Waals surface area contributed by atoms with Gasteiger partial charge in [-0.15, -0.1) is 11.3 Å². The summed E-state index contributed by atoms with van der Waals surface area (Å²) in [6.45, 7) is 7.17. The summed E-state index contributed by atoms with van der Waals surface area (Å²) in [6, 6.07) is 8.13. The van der Waals surface area contributed by atoms with E-state index >= 15 is 0 Å². The van der Waals surface area contributed by atoms with Crippen LogP contribution in [0.3, 0.4) is 0 Å². The molecule has 26 heavy (non-hydrogen) atoms. The van der Waals surface area contributed by atoms with Crippen LogP contribution in [0.4, 0.5) is 0 Å². The van der Waals surface area contributed by atoms with Gasteiger partial charge in [0.1, 0.15) is 0 Å². The Morgan fingerprint density at radius 3 is 2.96 bits per heavy atom. The molecule has 0 spiro atoms. The number of aryl methyl sites for hydroxylation is 1. The molecule has 2 fully saturated rings. The van der Waals surface area contributed by atoms with Gasteiger partial charge in [0.15, 0.2) is 0 Å². The number of hydrogen-bond donors (Lipinski definition) is 0. The normalized spacial score (nSPS) is 23.7. The fourth-order valence-corrected chi connectivity index (χ4v) is 4.58. The third kappa shape index (κ3) is 3.82. The van der Waals surface area contributed by atoms with E-state index in [9.17, 15) is 4.79 Å². The standard InChI is InChI=1S/C20H25N3O2S/c1-2-17-6-5-15(10-21-17)20(24)23-12-16-11-22(7-8-25-19(16)14-23)13-18-4-3-9-26-18/h3-6,9-10,16,19H,2,7-8,11-14H2,1H3/t16-,19+/m0/s1. The number of carbonyl (C=O) groups excluding carboxylic acids is 1. The first-order chi connectivity index (χ1) is 12.7. The van der Waals surface area contributed by atoms with E-state index in [1.165, 1.54) is 4.88 Å². The fourth-order valence-electron chi connectivity index (χ4n) is 3.84. The molecule has 138 valence electrons. The Morgan fingerprint density at radius 2 is 2.23 bits per heavy atom. The molecule has 4 heterocycles. The molecule has 4 rings (SSSR count). The number of ether oxygens (including phenoxy) is 1. The molecule has 6 heteroatoms. The second-order valence-electron chi connectivity index (χ2n) is 7.09. The molecule has 0 N–H and O–H groups in total. The lowest BCUT2D eigenvalue weighted by Gasteiger charge is -2.22. The van der Waals surface area contributed by atoms with Crippen LogP contribution in [0.1, 0.15) is 27.9 Å². The number of rotatable bonds is 4. The van der Waals surface area contributed by atoms with E-state index < -0.39 is 0 Å². The fraction of sp³-hybridized carbons (Fsp3) is 0.500. The number of nitrogens with zero attached hydrogens (tertiary/aromatic N) is 3. The first kappa shape index (κ1) is 17.6. The van der Waals surface area contributed by atoms with Crippen molar-refractivity contribution in [2.75, 3.05) is 32.8 Å². The summed E-state index contributed by atoms with van der Waals surface area (Å²) in [6.07, 6.45) is 2.74. The Hall–Kier alpha value is -1.76. The summed E-state index contributed by atoms with van der Waals surface area (Å²) in [4.78, 5) is 23.0. The molecular formula is C20H25N3O2S. The Kier molecular flexibility index (Phi) is 5.33. The van der Waals surface area contributed by atoms with Crippen LogP contribution in [0, 0.1) is 5.92 Å². The molecule has 0 saturated carbocycles. The molecule has 1 amide bonds. The van der Waals surface area contributed by atoms with Gasteiger partial charge in [-0.1, -0.05) is 13.0 Å². The molecule has 0 unspecified atom stereocenters. The zero-order chi connectivity index (χ0) is 17.9. The average molecular weight is 372 g/mol. The molecule has 2 atom stereocenters. The molecule has 2 aromatic rings. The van der Waals surface area contributed by atoms with Crippen molar-refractivity contribution in [3.8, 4) is 0 Å². The summed E-state index contributed by atoms with van der Waals surface area (Å²) in [5.74, 6) is 0.450. The van der Waals surface area contributed by atoms with E-state index in [4.69, 9.17) is 4.74 Å². The Bertz CT molecular complexity index is 732. The van der Waals surface area contributed by atoms with Crippen molar-refractivity contribution in [3.63, 3.8) is 0 Å². The molecule has 0 bridgehead atoms. The van der Waals surface area contributed by atoms with Gasteiger partial charge in [0.2, 0.25) is 0 Å². The SMILES string of the molecule is CCc1ccc(C(=O)N2C[C@@H]3CN(Cc4cccs4)CCO[C@@H]3C2)cn1. The number of pyridine rings is 1. The molecular weight excluding hydrogens is 346 g/mol. The van der Waals surface area contributed by atoms with E-state index in [-0.39, 0.29) is 12.0 Å². The second-order valence-corrected chi connectivity index (χ2v) is 8.12. The number of amides is 1. The van der Waals surface area contributed by atoms with Crippen LogP contribution < -0.4 is 0 Å². The van der Waals surface area contributed by atoms with Gasteiger partial charge in [0, 0.05) is 55.4 Å². The predicted molar refractivity (Wildman–Crippen MR) is 102 cm³/mol. The lowest BCUT2D eigenvalue weighted by Crippen LogP contribution is -2.33. The van der Waals surface area contributed by atoms with Crippen molar-refractivity contribution in [3.05, 3.63) is 52.0 Å². The van der Waals surface area contributed by atoms with E-state index in [1.54, 1.807) is 17.5 Å². The maximum atomic E-state index is 12.8. The zero-order valence-corrected chi connectivity index (χ0v) is 16.0. The van der Waals surface area contributed by atoms with Crippen LogP contribution in [0.2, 0.25) is 0 Å². The average Bonchev–Trinajstić information content (AvgIpc) is 3.28. The van der Waals surface area contributed by atoms with Crippen LogP contribution in [-0.4, -0.2) is 59.6 Å². The molecule has 0 aliphatic carbocycles. The van der Waals surface area contributed by atoms with Gasteiger partial charge in [-0.25, -0.2) is 0 Å². The number of thiophene rings is 1. The topological polar surface area (TPSA) is 45.7 Å². The second kappa shape index (κ2) is 7.86. The van der Waals surface area contributed by atoms with Gasteiger partial charge in [-0.2, -0.15) is 0 Å². The maximum absolute atomic E-state index is 12.8. The summed E-state index contributed by atoms with van der Waals surface area (Å²) in [7, 11) is 0. The van der Waals surface area contributed by atoms with Crippen LogP contribution >= 0.6 is 11.3 Å². The number of aromatic nitrogens is 1. The van der Waals surface area contributed by atoms with Crippen molar-refractivity contribution in [1.29, 1.82) is 0 Å². The van der Waals surface area contributed by atoms with Crippen molar-refractivity contribution in [2.45, 2.75) is 26.0 Å². The summed E-state index contributed by atoms with van der Waals surface area (Å²) >= 11 is 1.80.